The molecule has 4 N–H and O–H groups in total. The highest BCUT2D eigenvalue weighted by molar-refractivity contribution is 5.78. The highest BCUT2D eigenvalue weighted by atomic mass is 16.4. The lowest BCUT2D eigenvalue weighted by molar-refractivity contribution is -0.136. The molecule has 0 amide bonds. The minimum absolute atomic E-state index is 0.131. The Morgan fingerprint density at radius 1 is 0.808 bits per heavy atom. The molecule has 0 aromatic heterocycles. The lowest BCUT2D eigenvalue weighted by atomic mass is 10.2. The minimum Gasteiger partial charge on any atom is -0.506 e. The molecule has 0 unspecified atom stereocenters. The Bertz CT molecular complexity index is 729. The summed E-state index contributed by atoms with van der Waals surface area (Å²) in [6.45, 7) is 0.662. The summed E-state index contributed by atoms with van der Waals surface area (Å²) in [5.41, 5.74) is 0.487. The van der Waals surface area contributed by atoms with Crippen molar-refractivity contribution in [3.8, 4) is 11.5 Å². The monoisotopic (exact) mass is 360 g/mol. The molecule has 0 aliphatic rings. The van der Waals surface area contributed by atoms with Gasteiger partial charge in [-0.3, -0.25) is 9.59 Å². The quantitative estimate of drug-likeness (QED) is 0.527. The van der Waals surface area contributed by atoms with Crippen molar-refractivity contribution >= 4 is 23.3 Å². The zero-order chi connectivity index (χ0) is 19.3. The van der Waals surface area contributed by atoms with E-state index in [-0.39, 0.29) is 22.9 Å². The highest BCUT2D eigenvalue weighted by Gasteiger charge is 2.28. The normalized spacial score (nSPS) is 10.5. The maximum Gasteiger partial charge on any atom is 0.323 e. The van der Waals surface area contributed by atoms with Crippen LogP contribution in [0, 0.1) is 0 Å². The number of rotatable bonds is 8. The molecule has 138 valence electrons. The fourth-order valence-corrected chi connectivity index (χ4v) is 2.71. The molecule has 0 heterocycles. The number of anilines is 2. The Hall–Kier alpha value is -3.42. The molecule has 2 aromatic rings. The Labute approximate surface area is 150 Å². The smallest absolute Gasteiger partial charge is 0.323 e. The van der Waals surface area contributed by atoms with Gasteiger partial charge in [-0.1, -0.05) is 24.3 Å². The van der Waals surface area contributed by atoms with E-state index in [2.05, 4.69) is 0 Å². The number of phenolic OH excluding ortho intramolecular Hbond substituents is 2. The van der Waals surface area contributed by atoms with E-state index < -0.39 is 31.2 Å². The average molecular weight is 360 g/mol. The topological polar surface area (TPSA) is 122 Å². The highest BCUT2D eigenvalue weighted by Crippen LogP contribution is 2.33. The first-order valence-corrected chi connectivity index (χ1v) is 7.84. The molecule has 8 heteroatoms. The van der Waals surface area contributed by atoms with Crippen LogP contribution >= 0.6 is 0 Å². The van der Waals surface area contributed by atoms with Crippen molar-refractivity contribution in [2.45, 2.75) is 13.1 Å². The zero-order valence-corrected chi connectivity index (χ0v) is 14.1. The van der Waals surface area contributed by atoms with Crippen LogP contribution in [-0.2, 0) is 9.59 Å². The van der Waals surface area contributed by atoms with Crippen LogP contribution in [0.5, 0.6) is 11.5 Å². The maximum absolute atomic E-state index is 11.3. The van der Waals surface area contributed by atoms with Crippen LogP contribution in [0.3, 0.4) is 0 Å². The number of benzene rings is 2. The van der Waals surface area contributed by atoms with E-state index in [1.165, 1.54) is 21.9 Å². The first-order valence-electron chi connectivity index (χ1n) is 7.84. The first kappa shape index (κ1) is 18.9. The number of aliphatic carboxylic acids is 2. The molecule has 0 radical (unpaired) electrons. The summed E-state index contributed by atoms with van der Waals surface area (Å²) in [5, 5.41) is 38.8. The lowest BCUT2D eigenvalue weighted by Gasteiger charge is -2.39. The molecule has 2 rings (SSSR count). The second-order valence-corrected chi connectivity index (χ2v) is 5.65. The van der Waals surface area contributed by atoms with Gasteiger partial charge >= 0.3 is 11.9 Å². The van der Waals surface area contributed by atoms with Crippen LogP contribution in [0.15, 0.2) is 48.5 Å². The maximum atomic E-state index is 11.3. The van der Waals surface area contributed by atoms with Gasteiger partial charge < -0.3 is 30.2 Å². The average Bonchev–Trinajstić information content (AvgIpc) is 2.58. The van der Waals surface area contributed by atoms with Gasteiger partial charge in [0.25, 0.3) is 0 Å². The second kappa shape index (κ2) is 8.11. The Morgan fingerprint density at radius 2 is 1.15 bits per heavy atom. The van der Waals surface area contributed by atoms with Gasteiger partial charge in [-0.25, -0.2) is 0 Å². The van der Waals surface area contributed by atoms with Gasteiger partial charge in [0.1, 0.15) is 30.8 Å². The molecule has 0 spiro atoms. The van der Waals surface area contributed by atoms with Crippen LogP contribution in [0.2, 0.25) is 0 Å². The van der Waals surface area contributed by atoms with Crippen LogP contribution < -0.4 is 9.80 Å². The molecule has 2 aromatic carbocycles. The predicted molar refractivity (Wildman–Crippen MR) is 95.6 cm³/mol. The van der Waals surface area contributed by atoms with Crippen molar-refractivity contribution in [1.82, 2.24) is 0 Å². The van der Waals surface area contributed by atoms with Gasteiger partial charge in [-0.05, 0) is 31.2 Å². The van der Waals surface area contributed by atoms with Gasteiger partial charge in [0.2, 0.25) is 0 Å². The summed E-state index contributed by atoms with van der Waals surface area (Å²) in [7, 11) is 0. The van der Waals surface area contributed by atoms with Crippen LogP contribution in [0.1, 0.15) is 6.92 Å². The molecule has 0 saturated carbocycles. The third-order valence-electron chi connectivity index (χ3n) is 3.90. The molecule has 26 heavy (non-hydrogen) atoms. The van der Waals surface area contributed by atoms with Crippen LogP contribution in [-0.4, -0.2) is 51.6 Å². The molecule has 0 bridgehead atoms. The van der Waals surface area contributed by atoms with E-state index >= 15 is 0 Å². The van der Waals surface area contributed by atoms with E-state index in [1.54, 1.807) is 43.3 Å². The summed E-state index contributed by atoms with van der Waals surface area (Å²) in [6.07, 6.45) is -0.788. The number of aromatic hydroxyl groups is 2. The van der Waals surface area contributed by atoms with Crippen molar-refractivity contribution in [2.75, 3.05) is 22.9 Å². The first-order chi connectivity index (χ1) is 12.3. The van der Waals surface area contributed by atoms with Gasteiger partial charge in [0.05, 0.1) is 11.4 Å². The Kier molecular flexibility index (Phi) is 5.90. The summed E-state index contributed by atoms with van der Waals surface area (Å²) < 4.78 is 0. The van der Waals surface area contributed by atoms with E-state index in [4.69, 9.17) is 0 Å². The molecule has 0 atom stereocenters. The minimum atomic E-state index is -1.15. The van der Waals surface area contributed by atoms with Crippen molar-refractivity contribution in [2.24, 2.45) is 0 Å². The molecule has 0 fully saturated rings. The van der Waals surface area contributed by atoms with Crippen LogP contribution in [0.4, 0.5) is 11.4 Å². The van der Waals surface area contributed by atoms with E-state index in [0.29, 0.717) is 0 Å². The fraction of sp³-hybridized carbons (Fsp3) is 0.222. The lowest BCUT2D eigenvalue weighted by Crippen LogP contribution is -2.50. The fourth-order valence-electron chi connectivity index (χ4n) is 2.71. The summed E-state index contributed by atoms with van der Waals surface area (Å²) in [6, 6.07) is 12.4. The molecule has 8 nitrogen and oxygen atoms in total. The van der Waals surface area contributed by atoms with E-state index in [1.807, 2.05) is 0 Å². The van der Waals surface area contributed by atoms with Gasteiger partial charge in [0, 0.05) is 0 Å². The summed E-state index contributed by atoms with van der Waals surface area (Å²) >= 11 is 0. The van der Waals surface area contributed by atoms with Crippen LogP contribution in [0.25, 0.3) is 0 Å². The number of nitrogens with zero attached hydrogens (tertiary/aromatic N) is 2. The number of hydrogen-bond acceptors (Lipinski definition) is 6. The molecule has 0 saturated heterocycles. The molecule has 0 aliphatic carbocycles. The Balaban J connectivity index is 2.49. The van der Waals surface area contributed by atoms with Crippen molar-refractivity contribution in [3.63, 3.8) is 0 Å². The summed E-state index contributed by atoms with van der Waals surface area (Å²) in [4.78, 5) is 25.4. The third-order valence-corrected chi connectivity index (χ3v) is 3.90. The van der Waals surface area contributed by atoms with Gasteiger partial charge in [-0.2, -0.15) is 0 Å². The number of carbonyl (C=O) groups is 2. The third kappa shape index (κ3) is 4.35. The van der Waals surface area contributed by atoms with Gasteiger partial charge in [-0.15, -0.1) is 0 Å². The predicted octanol–water partition coefficient (Wildman–Crippen LogP) is 1.93. The largest absolute Gasteiger partial charge is 0.506 e. The van der Waals surface area contributed by atoms with E-state index in [9.17, 15) is 30.0 Å². The number of carboxylic acids is 2. The standard InChI is InChI=1S/C18H20N2O6/c1-12(19(10-17(23)24)13-6-2-4-8-15(13)21)20(11-18(25)26)14-7-3-5-9-16(14)22/h2-9,12,21-22H,10-11H2,1H3,(H,23,24)(H,25,26). The second-order valence-electron chi connectivity index (χ2n) is 5.65. The number of phenols is 2. The number of carboxylic acid groups (broad SMARTS) is 2. The van der Waals surface area contributed by atoms with E-state index in [0.717, 1.165) is 0 Å². The molecule has 0 aliphatic heterocycles. The zero-order valence-electron chi connectivity index (χ0n) is 14.1. The summed E-state index contributed by atoms with van der Waals surface area (Å²) in [5.74, 6) is -2.55. The van der Waals surface area contributed by atoms with Crippen molar-refractivity contribution in [3.05, 3.63) is 48.5 Å². The number of hydrogen-bond donors (Lipinski definition) is 4. The SMILES string of the molecule is CC(N(CC(=O)O)c1ccccc1O)N(CC(=O)O)c1ccccc1O. The van der Waals surface area contributed by atoms with Gasteiger partial charge in [0.15, 0.2) is 0 Å². The molecular formula is C18H20N2O6. The molecular weight excluding hydrogens is 340 g/mol. The van der Waals surface area contributed by atoms with Crippen molar-refractivity contribution in [1.29, 1.82) is 0 Å². The Morgan fingerprint density at radius 3 is 1.46 bits per heavy atom. The number of para-hydroxylation sites is 4. The van der Waals surface area contributed by atoms with Crippen molar-refractivity contribution < 1.29 is 30.0 Å².